The van der Waals surface area contributed by atoms with Crippen LogP contribution in [0.1, 0.15) is 49.2 Å². The molecule has 2 rings (SSSR count). The van der Waals surface area contributed by atoms with E-state index in [9.17, 15) is 0 Å². The van der Waals surface area contributed by atoms with Gasteiger partial charge in [0.2, 0.25) is 0 Å². The van der Waals surface area contributed by atoms with Gasteiger partial charge in [0.25, 0.3) is 0 Å². The molecule has 0 aliphatic carbocycles. The molecule has 0 radical (unpaired) electrons. The summed E-state index contributed by atoms with van der Waals surface area (Å²) in [6.07, 6.45) is 3.56. The summed E-state index contributed by atoms with van der Waals surface area (Å²) >= 11 is 1.80. The lowest BCUT2D eigenvalue weighted by Crippen LogP contribution is -2.41. The minimum Gasteiger partial charge on any atom is -0.357 e. The monoisotopic (exact) mass is 379 g/mol. The number of aliphatic imine (C=N–C) groups is 1. The number of aryl methyl sites for hydroxylation is 2. The van der Waals surface area contributed by atoms with E-state index < -0.39 is 0 Å². The third-order valence-electron chi connectivity index (χ3n) is 4.78. The number of nitrogens with one attached hydrogen (secondary N) is 2. The molecule has 1 aliphatic heterocycles. The van der Waals surface area contributed by atoms with E-state index in [0.717, 1.165) is 43.6 Å². The zero-order chi connectivity index (χ0) is 18.9. The van der Waals surface area contributed by atoms with E-state index in [-0.39, 0.29) is 0 Å². The Morgan fingerprint density at radius 2 is 2.15 bits per heavy atom. The van der Waals surface area contributed by atoms with Gasteiger partial charge < -0.3 is 15.5 Å². The van der Waals surface area contributed by atoms with Crippen molar-refractivity contribution in [3.05, 3.63) is 15.6 Å². The molecule has 6 heteroatoms. The number of rotatable bonds is 8. The molecule has 1 aliphatic rings. The van der Waals surface area contributed by atoms with Crippen LogP contribution in [0.15, 0.2) is 4.99 Å². The minimum absolute atomic E-state index is 0.683. The molecule has 2 N–H and O–H groups in total. The Labute approximate surface area is 163 Å². The fourth-order valence-corrected chi connectivity index (χ4v) is 4.41. The number of hydrogen-bond acceptors (Lipinski definition) is 4. The number of guanidine groups is 1. The maximum absolute atomic E-state index is 4.86. The van der Waals surface area contributed by atoms with Gasteiger partial charge in [0.15, 0.2) is 5.96 Å². The molecule has 1 atom stereocenters. The van der Waals surface area contributed by atoms with Gasteiger partial charge in [-0.15, -0.1) is 11.3 Å². The number of nitrogens with zero attached hydrogens (tertiary/aromatic N) is 3. The van der Waals surface area contributed by atoms with Crippen molar-refractivity contribution < 1.29 is 0 Å². The van der Waals surface area contributed by atoms with E-state index >= 15 is 0 Å². The van der Waals surface area contributed by atoms with Crippen LogP contribution in [-0.4, -0.2) is 55.1 Å². The third-order valence-corrected chi connectivity index (χ3v) is 5.92. The van der Waals surface area contributed by atoms with Crippen molar-refractivity contribution in [1.29, 1.82) is 0 Å². The molecule has 148 valence electrons. The lowest BCUT2D eigenvalue weighted by Gasteiger charge is -2.33. The maximum Gasteiger partial charge on any atom is 0.191 e. The van der Waals surface area contributed by atoms with Gasteiger partial charge in [-0.2, -0.15) is 0 Å². The summed E-state index contributed by atoms with van der Waals surface area (Å²) < 4.78 is 0. The second kappa shape index (κ2) is 10.9. The van der Waals surface area contributed by atoms with Crippen molar-refractivity contribution in [1.82, 2.24) is 20.5 Å². The normalized spacial score (nSPS) is 19.2. The average Bonchev–Trinajstić information content (AvgIpc) is 2.90. The highest BCUT2D eigenvalue weighted by molar-refractivity contribution is 7.11. The number of aromatic nitrogens is 1. The van der Waals surface area contributed by atoms with E-state index in [1.807, 2.05) is 0 Å². The molecule has 2 heterocycles. The summed E-state index contributed by atoms with van der Waals surface area (Å²) in [6.45, 7) is 17.3. The van der Waals surface area contributed by atoms with E-state index in [1.54, 1.807) is 11.3 Å². The standard InChI is InChI=1S/C20H37N5S/c1-6-21-20(22-10-9-19-24-16(4)17(5)26-19)23-12-18-8-7-11-25(14-18)13-15(2)3/h15,18H,6-14H2,1-5H3,(H2,21,22,23). The Kier molecular flexibility index (Phi) is 8.85. The second-order valence-corrected chi connectivity index (χ2v) is 9.10. The van der Waals surface area contributed by atoms with Gasteiger partial charge >= 0.3 is 0 Å². The van der Waals surface area contributed by atoms with Gasteiger partial charge in [0.05, 0.1) is 10.7 Å². The second-order valence-electron chi connectivity index (χ2n) is 7.81. The summed E-state index contributed by atoms with van der Waals surface area (Å²) in [5.74, 6) is 2.37. The molecule has 1 aromatic rings. The van der Waals surface area contributed by atoms with E-state index in [2.05, 4.69) is 55.1 Å². The third kappa shape index (κ3) is 7.23. The highest BCUT2D eigenvalue weighted by atomic mass is 32.1. The highest BCUT2D eigenvalue weighted by Crippen LogP contribution is 2.18. The summed E-state index contributed by atoms with van der Waals surface area (Å²) in [7, 11) is 0. The molecule has 1 aromatic heterocycles. The summed E-state index contributed by atoms with van der Waals surface area (Å²) in [6, 6.07) is 0. The molecule has 0 saturated carbocycles. The first-order valence-corrected chi connectivity index (χ1v) is 11.0. The predicted molar refractivity (Wildman–Crippen MR) is 113 cm³/mol. The van der Waals surface area contributed by atoms with E-state index in [1.165, 1.54) is 42.4 Å². The quantitative estimate of drug-likeness (QED) is 0.538. The van der Waals surface area contributed by atoms with Crippen LogP contribution in [0.3, 0.4) is 0 Å². The van der Waals surface area contributed by atoms with Crippen LogP contribution in [0.4, 0.5) is 0 Å². The van der Waals surface area contributed by atoms with E-state index in [4.69, 9.17) is 4.99 Å². The number of likely N-dealkylation sites (tertiary alicyclic amines) is 1. The van der Waals surface area contributed by atoms with Crippen LogP contribution >= 0.6 is 11.3 Å². The van der Waals surface area contributed by atoms with Crippen LogP contribution in [-0.2, 0) is 6.42 Å². The van der Waals surface area contributed by atoms with Crippen molar-refractivity contribution in [2.24, 2.45) is 16.8 Å². The van der Waals surface area contributed by atoms with Gasteiger partial charge in [-0.3, -0.25) is 4.99 Å². The molecule has 26 heavy (non-hydrogen) atoms. The molecular formula is C20H37N5S. The Hall–Kier alpha value is -1.14. The lowest BCUT2D eigenvalue weighted by atomic mass is 9.97. The first-order chi connectivity index (χ1) is 12.5. The van der Waals surface area contributed by atoms with Crippen molar-refractivity contribution >= 4 is 17.3 Å². The van der Waals surface area contributed by atoms with Crippen molar-refractivity contribution in [2.45, 2.75) is 53.9 Å². The van der Waals surface area contributed by atoms with Crippen molar-refractivity contribution in [3.63, 3.8) is 0 Å². The zero-order valence-electron chi connectivity index (χ0n) is 17.3. The van der Waals surface area contributed by atoms with Gasteiger partial charge in [0.1, 0.15) is 0 Å². The summed E-state index contributed by atoms with van der Waals surface area (Å²) in [5, 5.41) is 8.06. The number of hydrogen-bond donors (Lipinski definition) is 2. The Morgan fingerprint density at radius 1 is 1.35 bits per heavy atom. The summed E-state index contributed by atoms with van der Waals surface area (Å²) in [5.41, 5.74) is 1.16. The molecule has 1 fully saturated rings. The first-order valence-electron chi connectivity index (χ1n) is 10.1. The van der Waals surface area contributed by atoms with Gasteiger partial charge in [0, 0.05) is 44.0 Å². The molecule has 1 saturated heterocycles. The fourth-order valence-electron chi connectivity index (χ4n) is 3.48. The molecule has 0 spiro atoms. The number of piperidine rings is 1. The van der Waals surface area contributed by atoms with Gasteiger partial charge in [-0.25, -0.2) is 4.98 Å². The van der Waals surface area contributed by atoms with Crippen molar-refractivity contribution in [2.75, 3.05) is 39.3 Å². The Bertz CT molecular complexity index is 547. The average molecular weight is 380 g/mol. The van der Waals surface area contributed by atoms with Crippen LogP contribution in [0.25, 0.3) is 0 Å². The highest BCUT2D eigenvalue weighted by Gasteiger charge is 2.20. The fraction of sp³-hybridized carbons (Fsp3) is 0.800. The molecule has 5 nitrogen and oxygen atoms in total. The molecule has 1 unspecified atom stereocenters. The smallest absolute Gasteiger partial charge is 0.191 e. The minimum atomic E-state index is 0.683. The topological polar surface area (TPSA) is 52.6 Å². The van der Waals surface area contributed by atoms with Crippen LogP contribution in [0.2, 0.25) is 0 Å². The lowest BCUT2D eigenvalue weighted by molar-refractivity contribution is 0.162. The van der Waals surface area contributed by atoms with Gasteiger partial charge in [-0.05, 0) is 52.0 Å². The van der Waals surface area contributed by atoms with Crippen LogP contribution in [0, 0.1) is 25.7 Å². The van der Waals surface area contributed by atoms with Crippen LogP contribution < -0.4 is 10.6 Å². The Balaban J connectivity index is 1.79. The molecular weight excluding hydrogens is 342 g/mol. The van der Waals surface area contributed by atoms with Crippen molar-refractivity contribution in [3.8, 4) is 0 Å². The van der Waals surface area contributed by atoms with Gasteiger partial charge in [-0.1, -0.05) is 13.8 Å². The largest absolute Gasteiger partial charge is 0.357 e. The Morgan fingerprint density at radius 3 is 2.81 bits per heavy atom. The predicted octanol–water partition coefficient (Wildman–Crippen LogP) is 3.23. The SMILES string of the molecule is CCNC(=NCC1CCCN(CC(C)C)C1)NCCc1nc(C)c(C)s1. The number of thiazole rings is 1. The molecule has 0 aromatic carbocycles. The summed E-state index contributed by atoms with van der Waals surface area (Å²) in [4.78, 5) is 13.4. The maximum atomic E-state index is 4.86. The van der Waals surface area contributed by atoms with E-state index in [0.29, 0.717) is 5.92 Å². The zero-order valence-corrected chi connectivity index (χ0v) is 18.1. The first kappa shape index (κ1) is 21.2. The molecule has 0 bridgehead atoms. The molecule has 0 amide bonds. The van der Waals surface area contributed by atoms with Crippen LogP contribution in [0.5, 0.6) is 0 Å².